The number of nitrogens with two attached hydrogens (primary N) is 1. The number of nitrogens with one attached hydrogen (secondary N) is 4. The Morgan fingerprint density at radius 1 is 1.05 bits per heavy atom. The first-order valence-electron chi connectivity index (χ1n) is 12.2. The SMILES string of the molecule is CCC(C)C(NC(=O)C(CCSC)NC(=O)C(CO)NC(=O)C(N)Cc1c[nH]c2ccccc12)C(=O)O. The second-order valence-electron chi connectivity index (χ2n) is 8.97. The van der Waals surface area contributed by atoms with Crippen LogP contribution in [0.2, 0.25) is 0 Å². The fraction of sp³-hybridized carbons (Fsp3) is 0.520. The van der Waals surface area contributed by atoms with E-state index in [1.54, 1.807) is 13.1 Å². The van der Waals surface area contributed by atoms with Crippen LogP contribution in [0.3, 0.4) is 0 Å². The molecule has 0 aliphatic carbocycles. The van der Waals surface area contributed by atoms with Gasteiger partial charge in [0, 0.05) is 17.1 Å². The highest BCUT2D eigenvalue weighted by atomic mass is 32.2. The van der Waals surface area contributed by atoms with Crippen molar-refractivity contribution in [2.24, 2.45) is 11.7 Å². The average molecular weight is 536 g/mol. The zero-order valence-corrected chi connectivity index (χ0v) is 22.1. The Labute approximate surface area is 220 Å². The van der Waals surface area contributed by atoms with Gasteiger partial charge in [0.15, 0.2) is 0 Å². The lowest BCUT2D eigenvalue weighted by Gasteiger charge is -2.26. The van der Waals surface area contributed by atoms with Gasteiger partial charge in [0.25, 0.3) is 0 Å². The fourth-order valence-electron chi connectivity index (χ4n) is 3.82. The Bertz CT molecular complexity index is 1080. The number of carbonyl (C=O) groups excluding carboxylic acids is 3. The third kappa shape index (κ3) is 8.48. The van der Waals surface area contributed by atoms with Gasteiger partial charge in [-0.3, -0.25) is 14.4 Å². The van der Waals surface area contributed by atoms with Gasteiger partial charge in [0.2, 0.25) is 17.7 Å². The molecule has 1 heterocycles. The van der Waals surface area contributed by atoms with E-state index in [2.05, 4.69) is 20.9 Å². The maximum atomic E-state index is 12.9. The fourth-order valence-corrected chi connectivity index (χ4v) is 4.29. The van der Waals surface area contributed by atoms with Crippen LogP contribution in [0.4, 0.5) is 0 Å². The first-order chi connectivity index (χ1) is 17.6. The molecule has 0 radical (unpaired) electrons. The zero-order chi connectivity index (χ0) is 27.5. The number of benzene rings is 1. The van der Waals surface area contributed by atoms with Crippen LogP contribution in [-0.2, 0) is 25.6 Å². The first kappa shape index (κ1) is 30.1. The van der Waals surface area contributed by atoms with E-state index in [9.17, 15) is 29.4 Å². The maximum Gasteiger partial charge on any atom is 0.326 e. The summed E-state index contributed by atoms with van der Waals surface area (Å²) >= 11 is 1.46. The summed E-state index contributed by atoms with van der Waals surface area (Å²) in [5, 5.41) is 27.7. The summed E-state index contributed by atoms with van der Waals surface area (Å²) in [6, 6.07) is 3.10. The van der Waals surface area contributed by atoms with E-state index < -0.39 is 54.5 Å². The van der Waals surface area contributed by atoms with E-state index in [0.29, 0.717) is 12.2 Å². The van der Waals surface area contributed by atoms with Gasteiger partial charge in [-0.05, 0) is 42.4 Å². The van der Waals surface area contributed by atoms with Crippen LogP contribution in [0.1, 0.15) is 32.3 Å². The van der Waals surface area contributed by atoms with Crippen LogP contribution in [0, 0.1) is 5.92 Å². The Hall–Kier alpha value is -3.09. The summed E-state index contributed by atoms with van der Waals surface area (Å²) in [6.07, 6.45) is 4.59. The molecule has 0 fully saturated rings. The number of hydrogen-bond acceptors (Lipinski definition) is 7. The molecule has 11 nitrogen and oxygen atoms in total. The lowest BCUT2D eigenvalue weighted by atomic mass is 9.98. The summed E-state index contributed by atoms with van der Waals surface area (Å²) in [5.41, 5.74) is 7.83. The highest BCUT2D eigenvalue weighted by Crippen LogP contribution is 2.18. The lowest BCUT2D eigenvalue weighted by Crippen LogP contribution is -2.58. The second kappa shape index (κ2) is 14.6. The molecule has 0 aliphatic rings. The molecule has 204 valence electrons. The minimum absolute atomic E-state index is 0.209. The number of para-hydroxylation sites is 1. The van der Waals surface area contributed by atoms with Crippen LogP contribution in [0.15, 0.2) is 30.5 Å². The number of hydrogen-bond donors (Lipinski definition) is 7. The van der Waals surface area contributed by atoms with Gasteiger partial charge < -0.3 is 36.9 Å². The van der Waals surface area contributed by atoms with Crippen molar-refractivity contribution in [3.63, 3.8) is 0 Å². The molecule has 12 heteroatoms. The number of rotatable bonds is 15. The van der Waals surface area contributed by atoms with Crippen LogP contribution in [0.5, 0.6) is 0 Å². The summed E-state index contributed by atoms with van der Waals surface area (Å²) in [4.78, 5) is 53.2. The van der Waals surface area contributed by atoms with Crippen molar-refractivity contribution in [3.05, 3.63) is 36.0 Å². The molecule has 2 aromatic rings. The highest BCUT2D eigenvalue weighted by molar-refractivity contribution is 7.98. The molecule has 0 saturated carbocycles. The third-order valence-electron chi connectivity index (χ3n) is 6.29. The van der Waals surface area contributed by atoms with Crippen molar-refractivity contribution in [2.75, 3.05) is 18.6 Å². The number of H-pyrrole nitrogens is 1. The molecule has 3 amide bonds. The van der Waals surface area contributed by atoms with E-state index in [4.69, 9.17) is 5.73 Å². The molecule has 5 atom stereocenters. The second-order valence-corrected chi connectivity index (χ2v) is 9.95. The summed E-state index contributed by atoms with van der Waals surface area (Å²) < 4.78 is 0. The van der Waals surface area contributed by atoms with Gasteiger partial charge in [-0.15, -0.1) is 0 Å². The number of aliphatic hydroxyl groups is 1. The number of carbonyl (C=O) groups is 4. The monoisotopic (exact) mass is 535 g/mol. The molecule has 0 bridgehead atoms. The van der Waals surface area contributed by atoms with Gasteiger partial charge in [-0.2, -0.15) is 11.8 Å². The third-order valence-corrected chi connectivity index (χ3v) is 6.93. The van der Waals surface area contributed by atoms with Gasteiger partial charge in [-0.1, -0.05) is 38.5 Å². The molecule has 0 spiro atoms. The van der Waals surface area contributed by atoms with Gasteiger partial charge in [-0.25, -0.2) is 4.79 Å². The summed E-state index contributed by atoms with van der Waals surface area (Å²) in [6.45, 7) is 2.82. The van der Waals surface area contributed by atoms with Crippen LogP contribution in [-0.4, -0.2) is 81.7 Å². The summed E-state index contributed by atoms with van der Waals surface area (Å²) in [5.74, 6) is -3.01. The molecule has 8 N–H and O–H groups in total. The van der Waals surface area contributed by atoms with E-state index >= 15 is 0 Å². The van der Waals surface area contributed by atoms with Crippen molar-refractivity contribution in [1.82, 2.24) is 20.9 Å². The lowest BCUT2D eigenvalue weighted by molar-refractivity contribution is -0.143. The smallest absolute Gasteiger partial charge is 0.326 e. The number of carboxylic acid groups (broad SMARTS) is 1. The molecule has 1 aromatic carbocycles. The number of aliphatic hydroxyl groups excluding tert-OH is 1. The van der Waals surface area contributed by atoms with Crippen molar-refractivity contribution in [1.29, 1.82) is 0 Å². The molecule has 0 saturated heterocycles. The topological polar surface area (TPSA) is 187 Å². The molecule has 5 unspecified atom stereocenters. The molecule has 2 rings (SSSR count). The molecular weight excluding hydrogens is 498 g/mol. The number of thioether (sulfide) groups is 1. The van der Waals surface area contributed by atoms with Gasteiger partial charge in [0.1, 0.15) is 18.1 Å². The first-order valence-corrected chi connectivity index (χ1v) is 13.6. The van der Waals surface area contributed by atoms with E-state index in [1.165, 1.54) is 11.8 Å². The number of amides is 3. The van der Waals surface area contributed by atoms with E-state index in [-0.39, 0.29) is 18.8 Å². The Morgan fingerprint density at radius 2 is 1.70 bits per heavy atom. The predicted molar refractivity (Wildman–Crippen MR) is 143 cm³/mol. The molecule has 37 heavy (non-hydrogen) atoms. The average Bonchev–Trinajstić information content (AvgIpc) is 3.29. The number of aliphatic carboxylic acids is 1. The van der Waals surface area contributed by atoms with Crippen LogP contribution < -0.4 is 21.7 Å². The van der Waals surface area contributed by atoms with Gasteiger partial charge >= 0.3 is 5.97 Å². The van der Waals surface area contributed by atoms with Crippen molar-refractivity contribution < 1.29 is 29.4 Å². The Balaban J connectivity index is 2.04. The highest BCUT2D eigenvalue weighted by Gasteiger charge is 2.31. The minimum atomic E-state index is -1.34. The standard InChI is InChI=1S/C25H37N5O6S/c1-4-14(2)21(25(35)36)30-23(33)19(9-10-37-3)28-24(34)20(13-31)29-22(32)17(26)11-15-12-27-18-8-6-5-7-16(15)18/h5-8,12,14,17,19-21,27,31H,4,9-11,13,26H2,1-3H3,(H,28,34)(H,29,32)(H,30,33)(H,35,36). The quantitative estimate of drug-likeness (QED) is 0.170. The van der Waals surface area contributed by atoms with E-state index in [0.717, 1.165) is 16.5 Å². The number of carboxylic acids is 1. The molecule has 1 aromatic heterocycles. The van der Waals surface area contributed by atoms with Crippen LogP contribution in [0.25, 0.3) is 10.9 Å². The van der Waals surface area contributed by atoms with E-state index in [1.807, 2.05) is 37.4 Å². The van der Waals surface area contributed by atoms with Crippen LogP contribution >= 0.6 is 11.8 Å². The normalized spacial score (nSPS) is 15.3. The largest absolute Gasteiger partial charge is 0.480 e. The molecular formula is C25H37N5O6S. The van der Waals surface area contributed by atoms with Crippen molar-refractivity contribution >= 4 is 46.4 Å². The Morgan fingerprint density at radius 3 is 2.32 bits per heavy atom. The molecule has 0 aliphatic heterocycles. The number of fused-ring (bicyclic) bond motifs is 1. The van der Waals surface area contributed by atoms with Crippen molar-refractivity contribution in [2.45, 2.75) is 57.3 Å². The predicted octanol–water partition coefficient (Wildman–Crippen LogP) is 0.368. The van der Waals surface area contributed by atoms with Crippen molar-refractivity contribution in [3.8, 4) is 0 Å². The Kier molecular flexibility index (Phi) is 11.9. The number of aromatic amines is 1. The van der Waals surface area contributed by atoms with Gasteiger partial charge in [0.05, 0.1) is 12.6 Å². The maximum absolute atomic E-state index is 12.9. The summed E-state index contributed by atoms with van der Waals surface area (Å²) in [7, 11) is 0. The number of aromatic nitrogens is 1. The zero-order valence-electron chi connectivity index (χ0n) is 21.3. The minimum Gasteiger partial charge on any atom is -0.480 e.